The highest BCUT2D eigenvalue weighted by atomic mass is 79.9. The van der Waals surface area contributed by atoms with Crippen molar-refractivity contribution in [2.45, 2.75) is 32.7 Å². The van der Waals surface area contributed by atoms with E-state index in [1.54, 1.807) is 6.07 Å². The highest BCUT2D eigenvalue weighted by Gasteiger charge is 2.24. The number of hydrogen-bond acceptors (Lipinski definition) is 2. The lowest BCUT2D eigenvalue weighted by Crippen LogP contribution is -2.41. The predicted octanol–water partition coefficient (Wildman–Crippen LogP) is 5.08. The Labute approximate surface area is 130 Å². The highest BCUT2D eigenvalue weighted by Crippen LogP contribution is 2.32. The summed E-state index contributed by atoms with van der Waals surface area (Å²) in [6.45, 7) is 4.85. The third kappa shape index (κ3) is 3.86. The van der Waals surface area contributed by atoms with E-state index < -0.39 is 0 Å². The SMILES string of the molecule is CCC(CC)N(CCBr)C(=O)c1cc(Cl)sc1Cl. The van der Waals surface area contributed by atoms with E-state index in [0.29, 0.717) is 20.8 Å². The molecule has 0 aliphatic rings. The number of nitrogens with zero attached hydrogens (tertiary/aromatic N) is 1. The smallest absolute Gasteiger partial charge is 0.256 e. The van der Waals surface area contributed by atoms with Gasteiger partial charge in [-0.05, 0) is 18.9 Å². The largest absolute Gasteiger partial charge is 0.335 e. The molecule has 0 aromatic carbocycles. The Bertz CT molecular complexity index is 407. The molecule has 2 nitrogen and oxygen atoms in total. The molecule has 1 amide bonds. The van der Waals surface area contributed by atoms with Crippen LogP contribution in [0.4, 0.5) is 0 Å². The molecule has 0 bridgehead atoms. The summed E-state index contributed by atoms with van der Waals surface area (Å²) in [5.41, 5.74) is 0.513. The van der Waals surface area contributed by atoms with Crippen molar-refractivity contribution in [1.29, 1.82) is 0 Å². The van der Waals surface area contributed by atoms with E-state index >= 15 is 0 Å². The first-order valence-corrected chi connectivity index (χ1v) is 8.56. The number of carbonyl (C=O) groups is 1. The summed E-state index contributed by atoms with van der Waals surface area (Å²) in [6, 6.07) is 1.89. The summed E-state index contributed by atoms with van der Waals surface area (Å²) in [7, 11) is 0. The van der Waals surface area contributed by atoms with Crippen LogP contribution >= 0.6 is 50.5 Å². The average molecular weight is 373 g/mol. The minimum absolute atomic E-state index is 0.0312. The Kier molecular flexibility index (Phi) is 6.99. The third-order valence-electron chi connectivity index (χ3n) is 2.86. The van der Waals surface area contributed by atoms with Crippen molar-refractivity contribution in [3.63, 3.8) is 0 Å². The molecule has 0 fully saturated rings. The Morgan fingerprint density at radius 3 is 2.44 bits per heavy atom. The van der Waals surface area contributed by atoms with Crippen LogP contribution in [0.3, 0.4) is 0 Å². The van der Waals surface area contributed by atoms with Gasteiger partial charge in [-0.1, -0.05) is 53.0 Å². The van der Waals surface area contributed by atoms with E-state index in [4.69, 9.17) is 23.2 Å². The quantitative estimate of drug-likeness (QED) is 0.637. The summed E-state index contributed by atoms with van der Waals surface area (Å²) in [5, 5.41) is 0.755. The number of hydrogen-bond donors (Lipinski definition) is 0. The second-order valence-electron chi connectivity index (χ2n) is 3.90. The predicted molar refractivity (Wildman–Crippen MR) is 83.5 cm³/mol. The summed E-state index contributed by atoms with van der Waals surface area (Å²) >= 11 is 16.6. The van der Waals surface area contributed by atoms with Crippen LogP contribution in [0, 0.1) is 0 Å². The second kappa shape index (κ2) is 7.73. The van der Waals surface area contributed by atoms with Crippen LogP contribution in [-0.2, 0) is 0 Å². The van der Waals surface area contributed by atoms with Gasteiger partial charge in [0, 0.05) is 17.9 Å². The standard InChI is InChI=1S/C12H16BrCl2NOS/c1-3-8(4-2)16(6-5-13)12(17)9-7-10(14)18-11(9)15/h7-8H,3-6H2,1-2H3. The summed E-state index contributed by atoms with van der Waals surface area (Å²) < 4.78 is 1.02. The van der Waals surface area contributed by atoms with Gasteiger partial charge in [0.25, 0.3) is 5.91 Å². The molecule has 1 aromatic heterocycles. The van der Waals surface area contributed by atoms with Gasteiger partial charge in [-0.25, -0.2) is 0 Å². The maximum atomic E-state index is 12.5. The molecule has 0 saturated heterocycles. The van der Waals surface area contributed by atoms with Gasteiger partial charge >= 0.3 is 0 Å². The van der Waals surface area contributed by atoms with Crippen molar-refractivity contribution >= 4 is 56.4 Å². The molecule has 1 heterocycles. The normalized spacial score (nSPS) is 11.0. The minimum atomic E-state index is -0.0312. The molecule has 0 radical (unpaired) electrons. The fraction of sp³-hybridized carbons (Fsp3) is 0.583. The zero-order valence-electron chi connectivity index (χ0n) is 10.4. The lowest BCUT2D eigenvalue weighted by Gasteiger charge is -2.30. The van der Waals surface area contributed by atoms with Gasteiger partial charge in [-0.3, -0.25) is 4.79 Å². The molecule has 0 atom stereocenters. The van der Waals surface area contributed by atoms with Crippen molar-refractivity contribution < 1.29 is 4.79 Å². The zero-order chi connectivity index (χ0) is 13.7. The molecular formula is C12H16BrCl2NOS. The molecule has 0 N–H and O–H groups in total. The molecule has 0 saturated carbocycles. The number of halogens is 3. The van der Waals surface area contributed by atoms with Crippen LogP contribution in [0.2, 0.25) is 8.67 Å². The number of thiophene rings is 1. The molecular weight excluding hydrogens is 357 g/mol. The van der Waals surface area contributed by atoms with Crippen LogP contribution in [0.15, 0.2) is 6.07 Å². The molecule has 0 aliphatic heterocycles. The van der Waals surface area contributed by atoms with E-state index in [1.807, 2.05) is 4.90 Å². The molecule has 102 valence electrons. The van der Waals surface area contributed by atoms with Crippen molar-refractivity contribution in [3.05, 3.63) is 20.3 Å². The number of alkyl halides is 1. The fourth-order valence-electron chi connectivity index (χ4n) is 1.91. The minimum Gasteiger partial charge on any atom is -0.335 e. The van der Waals surface area contributed by atoms with Crippen molar-refractivity contribution in [3.8, 4) is 0 Å². The molecule has 1 aromatic rings. The van der Waals surface area contributed by atoms with Crippen molar-refractivity contribution in [2.75, 3.05) is 11.9 Å². The van der Waals surface area contributed by atoms with Gasteiger partial charge in [-0.15, -0.1) is 11.3 Å². The number of carbonyl (C=O) groups excluding carboxylic acids is 1. The summed E-state index contributed by atoms with van der Waals surface area (Å²) in [6.07, 6.45) is 1.87. The third-order valence-corrected chi connectivity index (χ3v) is 4.70. The van der Waals surface area contributed by atoms with Crippen LogP contribution in [0.5, 0.6) is 0 Å². The summed E-state index contributed by atoms with van der Waals surface area (Å²) in [5.74, 6) is -0.0312. The molecule has 1 rings (SSSR count). The van der Waals surface area contributed by atoms with Crippen LogP contribution in [0.1, 0.15) is 37.0 Å². The Morgan fingerprint density at radius 2 is 2.06 bits per heavy atom. The zero-order valence-corrected chi connectivity index (χ0v) is 14.3. The second-order valence-corrected chi connectivity index (χ2v) is 6.97. The molecule has 6 heteroatoms. The highest BCUT2D eigenvalue weighted by molar-refractivity contribution is 9.09. The van der Waals surface area contributed by atoms with E-state index in [0.717, 1.165) is 18.2 Å². The van der Waals surface area contributed by atoms with Gasteiger partial charge in [0.2, 0.25) is 0 Å². The first-order valence-electron chi connectivity index (χ1n) is 5.86. The number of amides is 1. The topological polar surface area (TPSA) is 20.3 Å². The average Bonchev–Trinajstić information content (AvgIpc) is 2.68. The Hall–Kier alpha value is 0.230. The van der Waals surface area contributed by atoms with E-state index in [2.05, 4.69) is 29.8 Å². The molecule has 0 spiro atoms. The number of rotatable bonds is 6. The van der Waals surface area contributed by atoms with Crippen LogP contribution < -0.4 is 0 Å². The van der Waals surface area contributed by atoms with Crippen LogP contribution in [-0.4, -0.2) is 28.7 Å². The van der Waals surface area contributed by atoms with Gasteiger partial charge in [0.1, 0.15) is 4.34 Å². The van der Waals surface area contributed by atoms with Crippen LogP contribution in [0.25, 0.3) is 0 Å². The monoisotopic (exact) mass is 371 g/mol. The maximum Gasteiger partial charge on any atom is 0.256 e. The van der Waals surface area contributed by atoms with Gasteiger partial charge in [0.15, 0.2) is 0 Å². The first-order chi connectivity index (χ1) is 8.54. The lowest BCUT2D eigenvalue weighted by atomic mass is 10.1. The summed E-state index contributed by atoms with van der Waals surface area (Å²) in [4.78, 5) is 14.4. The molecule has 18 heavy (non-hydrogen) atoms. The van der Waals surface area contributed by atoms with Gasteiger partial charge < -0.3 is 4.90 Å². The lowest BCUT2D eigenvalue weighted by molar-refractivity contribution is 0.0683. The van der Waals surface area contributed by atoms with E-state index in [1.165, 1.54) is 11.3 Å². The molecule has 0 aliphatic carbocycles. The van der Waals surface area contributed by atoms with E-state index in [9.17, 15) is 4.79 Å². The van der Waals surface area contributed by atoms with Gasteiger partial charge in [-0.2, -0.15) is 0 Å². The maximum absolute atomic E-state index is 12.5. The van der Waals surface area contributed by atoms with Crippen molar-refractivity contribution in [1.82, 2.24) is 4.90 Å². The van der Waals surface area contributed by atoms with Gasteiger partial charge in [0.05, 0.1) is 9.90 Å². The Balaban J connectivity index is 2.98. The fourth-order valence-corrected chi connectivity index (χ4v) is 3.74. The first kappa shape index (κ1) is 16.3. The van der Waals surface area contributed by atoms with E-state index in [-0.39, 0.29) is 11.9 Å². The molecule has 0 unspecified atom stereocenters. The van der Waals surface area contributed by atoms with Crippen molar-refractivity contribution in [2.24, 2.45) is 0 Å². The Morgan fingerprint density at radius 1 is 1.44 bits per heavy atom.